The molecule has 2 aromatic heterocycles. The van der Waals surface area contributed by atoms with Gasteiger partial charge in [-0.25, -0.2) is 4.63 Å². The van der Waals surface area contributed by atoms with Crippen LogP contribution in [0.1, 0.15) is 19.4 Å². The highest BCUT2D eigenvalue weighted by Crippen LogP contribution is 2.38. The van der Waals surface area contributed by atoms with Crippen LogP contribution in [0, 0.1) is 0 Å². The van der Waals surface area contributed by atoms with Gasteiger partial charge in [-0.1, -0.05) is 0 Å². The SMILES string of the molecule is COc1ccn(C2=CC(C)(C)Oc3cc4nonc4cc32)c(=O)c1. The molecule has 24 heavy (non-hydrogen) atoms. The molecule has 0 saturated heterocycles. The molecule has 3 aromatic rings. The van der Waals surface area contributed by atoms with Gasteiger partial charge < -0.3 is 9.47 Å². The van der Waals surface area contributed by atoms with Crippen LogP contribution in [0.2, 0.25) is 0 Å². The van der Waals surface area contributed by atoms with Crippen molar-refractivity contribution in [1.29, 1.82) is 0 Å². The van der Waals surface area contributed by atoms with Gasteiger partial charge in [0.25, 0.3) is 5.56 Å². The molecule has 7 heteroatoms. The van der Waals surface area contributed by atoms with Gasteiger partial charge >= 0.3 is 0 Å². The maximum absolute atomic E-state index is 12.5. The van der Waals surface area contributed by atoms with Crippen molar-refractivity contribution in [2.75, 3.05) is 7.11 Å². The van der Waals surface area contributed by atoms with Crippen LogP contribution in [-0.2, 0) is 0 Å². The summed E-state index contributed by atoms with van der Waals surface area (Å²) < 4.78 is 17.4. The van der Waals surface area contributed by atoms with E-state index in [2.05, 4.69) is 10.3 Å². The molecular formula is C17H15N3O4. The van der Waals surface area contributed by atoms with Crippen LogP contribution in [0.3, 0.4) is 0 Å². The zero-order valence-electron chi connectivity index (χ0n) is 13.4. The van der Waals surface area contributed by atoms with Crippen LogP contribution in [0.5, 0.6) is 11.5 Å². The van der Waals surface area contributed by atoms with E-state index < -0.39 is 5.60 Å². The number of ether oxygens (including phenoxy) is 2. The first-order valence-electron chi connectivity index (χ1n) is 7.42. The molecule has 0 aliphatic carbocycles. The second-order valence-corrected chi connectivity index (χ2v) is 6.11. The lowest BCUT2D eigenvalue weighted by Crippen LogP contribution is -2.32. The standard InChI is InChI=1S/C17H15N3O4/c1-17(2)9-14(20-5-4-10(22-3)6-16(20)21)11-7-12-13(19-24-18-12)8-15(11)23-17/h4-9H,1-3H3. The number of pyridine rings is 1. The minimum absolute atomic E-state index is 0.192. The largest absolute Gasteiger partial charge is 0.497 e. The van der Waals surface area contributed by atoms with Gasteiger partial charge in [0.15, 0.2) is 0 Å². The number of hydrogen-bond donors (Lipinski definition) is 0. The predicted molar refractivity (Wildman–Crippen MR) is 87.1 cm³/mol. The molecule has 7 nitrogen and oxygen atoms in total. The summed E-state index contributed by atoms with van der Waals surface area (Å²) in [6.07, 6.45) is 3.59. The highest BCUT2D eigenvalue weighted by Gasteiger charge is 2.29. The molecule has 0 fully saturated rings. The summed E-state index contributed by atoms with van der Waals surface area (Å²) in [6, 6.07) is 6.75. The topological polar surface area (TPSA) is 79.4 Å². The molecular weight excluding hydrogens is 310 g/mol. The molecule has 122 valence electrons. The van der Waals surface area contributed by atoms with Crippen molar-refractivity contribution < 1.29 is 14.1 Å². The molecule has 1 aromatic carbocycles. The molecule has 1 aliphatic rings. The molecule has 0 saturated carbocycles. The zero-order chi connectivity index (χ0) is 16.9. The van der Waals surface area contributed by atoms with E-state index in [0.717, 1.165) is 11.3 Å². The number of fused-ring (bicyclic) bond motifs is 2. The fraction of sp³-hybridized carbons (Fsp3) is 0.235. The molecule has 3 heterocycles. The van der Waals surface area contributed by atoms with Crippen molar-refractivity contribution in [3.8, 4) is 11.5 Å². The van der Waals surface area contributed by atoms with Crippen LogP contribution >= 0.6 is 0 Å². The fourth-order valence-corrected chi connectivity index (χ4v) is 2.80. The first-order valence-corrected chi connectivity index (χ1v) is 7.42. The Kier molecular flexibility index (Phi) is 2.99. The second-order valence-electron chi connectivity index (χ2n) is 6.11. The highest BCUT2D eigenvalue weighted by molar-refractivity contribution is 5.84. The van der Waals surface area contributed by atoms with Crippen molar-refractivity contribution in [1.82, 2.24) is 14.9 Å². The van der Waals surface area contributed by atoms with E-state index in [0.29, 0.717) is 22.5 Å². The molecule has 0 radical (unpaired) electrons. The smallest absolute Gasteiger partial charge is 0.258 e. The minimum atomic E-state index is -0.577. The molecule has 0 amide bonds. The minimum Gasteiger partial charge on any atom is -0.497 e. The average Bonchev–Trinajstić information content (AvgIpc) is 2.98. The van der Waals surface area contributed by atoms with Crippen molar-refractivity contribution in [3.05, 3.63) is 52.5 Å². The molecule has 1 aliphatic heterocycles. The predicted octanol–water partition coefficient (Wildman–Crippen LogP) is 2.45. The van der Waals surface area contributed by atoms with Crippen molar-refractivity contribution >= 4 is 16.7 Å². The molecule has 0 bridgehead atoms. The average molecular weight is 325 g/mol. The Balaban J connectivity index is 1.97. The number of methoxy groups -OCH3 is 1. The summed E-state index contributed by atoms with van der Waals surface area (Å²) in [5.41, 5.74) is 1.91. The number of aromatic nitrogens is 3. The quantitative estimate of drug-likeness (QED) is 0.720. The van der Waals surface area contributed by atoms with Gasteiger partial charge in [-0.3, -0.25) is 9.36 Å². The summed E-state index contributed by atoms with van der Waals surface area (Å²) in [6.45, 7) is 3.85. The molecule has 0 unspecified atom stereocenters. The van der Waals surface area contributed by atoms with Gasteiger partial charge in [-0.2, -0.15) is 0 Å². The first-order chi connectivity index (χ1) is 11.5. The number of benzene rings is 1. The van der Waals surface area contributed by atoms with Crippen LogP contribution in [0.4, 0.5) is 0 Å². The third kappa shape index (κ3) is 2.25. The van der Waals surface area contributed by atoms with E-state index in [1.807, 2.05) is 19.9 Å². The maximum atomic E-state index is 12.5. The Hall–Kier alpha value is -3.09. The fourth-order valence-electron chi connectivity index (χ4n) is 2.80. The number of rotatable bonds is 2. The van der Waals surface area contributed by atoms with E-state index in [1.54, 1.807) is 29.0 Å². The third-order valence-corrected chi connectivity index (χ3v) is 3.87. The molecule has 0 spiro atoms. The zero-order valence-corrected chi connectivity index (χ0v) is 13.4. The second kappa shape index (κ2) is 4.95. The maximum Gasteiger partial charge on any atom is 0.258 e. The van der Waals surface area contributed by atoms with Gasteiger partial charge in [0, 0.05) is 23.9 Å². The number of nitrogens with zero attached hydrogens (tertiary/aromatic N) is 3. The van der Waals surface area contributed by atoms with Crippen LogP contribution < -0.4 is 15.0 Å². The van der Waals surface area contributed by atoms with Gasteiger partial charge in [-0.05, 0) is 42.4 Å². The molecule has 4 rings (SSSR count). The van der Waals surface area contributed by atoms with Crippen LogP contribution in [0.15, 0.2) is 46.0 Å². The summed E-state index contributed by atoms with van der Waals surface area (Å²) >= 11 is 0. The van der Waals surface area contributed by atoms with E-state index in [-0.39, 0.29) is 5.56 Å². The Labute approximate surface area is 137 Å². The van der Waals surface area contributed by atoms with Crippen molar-refractivity contribution in [3.63, 3.8) is 0 Å². The summed E-state index contributed by atoms with van der Waals surface area (Å²) in [4.78, 5) is 12.5. The van der Waals surface area contributed by atoms with Crippen molar-refractivity contribution in [2.24, 2.45) is 0 Å². The summed E-state index contributed by atoms with van der Waals surface area (Å²) in [5.74, 6) is 1.14. The molecule has 0 N–H and O–H groups in total. The van der Waals surface area contributed by atoms with E-state index in [1.165, 1.54) is 13.2 Å². The first kappa shape index (κ1) is 14.5. The van der Waals surface area contributed by atoms with E-state index in [4.69, 9.17) is 14.1 Å². The van der Waals surface area contributed by atoms with Crippen molar-refractivity contribution in [2.45, 2.75) is 19.4 Å². The Morgan fingerprint density at radius 3 is 2.62 bits per heavy atom. The van der Waals surface area contributed by atoms with Crippen LogP contribution in [-0.4, -0.2) is 27.6 Å². The molecule has 0 atom stereocenters. The van der Waals surface area contributed by atoms with Gasteiger partial charge in [0.1, 0.15) is 28.1 Å². The van der Waals surface area contributed by atoms with E-state index >= 15 is 0 Å². The lowest BCUT2D eigenvalue weighted by atomic mass is 9.98. The van der Waals surface area contributed by atoms with Gasteiger partial charge in [0.05, 0.1) is 12.8 Å². The Bertz CT molecular complexity index is 1030. The lowest BCUT2D eigenvalue weighted by molar-refractivity contribution is 0.157. The Morgan fingerprint density at radius 1 is 1.17 bits per heavy atom. The van der Waals surface area contributed by atoms with E-state index in [9.17, 15) is 4.79 Å². The normalized spacial score (nSPS) is 15.5. The third-order valence-electron chi connectivity index (χ3n) is 3.87. The van der Waals surface area contributed by atoms with Gasteiger partial charge in [0.2, 0.25) is 0 Å². The van der Waals surface area contributed by atoms with Gasteiger partial charge in [-0.15, -0.1) is 0 Å². The Morgan fingerprint density at radius 2 is 1.92 bits per heavy atom. The number of hydrogen-bond acceptors (Lipinski definition) is 6. The monoisotopic (exact) mass is 325 g/mol. The summed E-state index contributed by atoms with van der Waals surface area (Å²) in [5, 5.41) is 7.71. The highest BCUT2D eigenvalue weighted by atomic mass is 16.6. The van der Waals surface area contributed by atoms with Crippen LogP contribution in [0.25, 0.3) is 16.7 Å². The summed E-state index contributed by atoms with van der Waals surface area (Å²) in [7, 11) is 1.53. The lowest BCUT2D eigenvalue weighted by Gasteiger charge is -2.31.